The van der Waals surface area contributed by atoms with Crippen molar-refractivity contribution in [3.05, 3.63) is 46.3 Å². The normalized spacial score (nSPS) is 13.3. The Balaban J connectivity index is 2.82. The van der Waals surface area contributed by atoms with Crippen molar-refractivity contribution in [3.63, 3.8) is 0 Å². The third-order valence-corrected chi connectivity index (χ3v) is 3.14. The first kappa shape index (κ1) is 15.0. The second-order valence-electron chi connectivity index (χ2n) is 4.22. The fraction of sp³-hybridized carbons (Fsp3) is 0.462. The monoisotopic (exact) mass is 261 g/mol. The lowest BCUT2D eigenvalue weighted by molar-refractivity contribution is -0.125. The molecule has 19 heavy (non-hydrogen) atoms. The summed E-state index contributed by atoms with van der Waals surface area (Å²) in [6, 6.07) is 9.42. The van der Waals surface area contributed by atoms with E-state index in [-0.39, 0.29) is 0 Å². The molecule has 0 spiro atoms. The standard InChI is InChI=1S/C13H19N5O/c1-2-13(12(14)19,11-7-4-3-5-8-11)16-9-6-10-17-18-15/h3-5,7-8,16H,2,6,9-10H2,1H3,(H2,14,19). The highest BCUT2D eigenvalue weighted by atomic mass is 16.1. The van der Waals surface area contributed by atoms with Gasteiger partial charge in [0.2, 0.25) is 5.91 Å². The molecule has 0 heterocycles. The van der Waals surface area contributed by atoms with Crippen LogP contribution in [-0.4, -0.2) is 19.0 Å². The summed E-state index contributed by atoms with van der Waals surface area (Å²) in [4.78, 5) is 14.5. The summed E-state index contributed by atoms with van der Waals surface area (Å²) in [7, 11) is 0. The number of rotatable bonds is 8. The number of carbonyl (C=O) groups excluding carboxylic acids is 1. The molecular weight excluding hydrogens is 242 g/mol. The topological polar surface area (TPSA) is 104 Å². The molecule has 1 aromatic rings. The molecule has 1 aromatic carbocycles. The number of amides is 1. The van der Waals surface area contributed by atoms with Crippen molar-refractivity contribution in [2.45, 2.75) is 25.3 Å². The smallest absolute Gasteiger partial charge is 0.242 e. The summed E-state index contributed by atoms with van der Waals surface area (Å²) >= 11 is 0. The van der Waals surface area contributed by atoms with E-state index >= 15 is 0 Å². The summed E-state index contributed by atoms with van der Waals surface area (Å²) in [5.74, 6) is -0.398. The summed E-state index contributed by atoms with van der Waals surface area (Å²) in [5.41, 5.74) is 13.8. The Morgan fingerprint density at radius 3 is 2.68 bits per heavy atom. The number of hydrogen-bond donors (Lipinski definition) is 2. The van der Waals surface area contributed by atoms with Crippen LogP contribution in [0.2, 0.25) is 0 Å². The Labute approximate surface area is 112 Å². The van der Waals surface area contributed by atoms with Crippen molar-refractivity contribution < 1.29 is 4.79 Å². The van der Waals surface area contributed by atoms with Crippen LogP contribution in [-0.2, 0) is 10.3 Å². The molecule has 1 rings (SSSR count). The minimum Gasteiger partial charge on any atom is -0.368 e. The Bertz CT molecular complexity index is 455. The van der Waals surface area contributed by atoms with E-state index in [0.717, 1.165) is 5.56 Å². The molecular formula is C13H19N5O. The second-order valence-corrected chi connectivity index (χ2v) is 4.22. The number of hydrogen-bond acceptors (Lipinski definition) is 3. The van der Waals surface area contributed by atoms with Crippen molar-refractivity contribution >= 4 is 5.91 Å². The van der Waals surface area contributed by atoms with Crippen molar-refractivity contribution in [2.24, 2.45) is 10.8 Å². The van der Waals surface area contributed by atoms with Crippen molar-refractivity contribution in [3.8, 4) is 0 Å². The average molecular weight is 261 g/mol. The molecule has 0 aromatic heterocycles. The molecule has 0 aliphatic heterocycles. The first-order chi connectivity index (χ1) is 9.17. The third-order valence-electron chi connectivity index (χ3n) is 3.14. The Morgan fingerprint density at radius 2 is 2.16 bits per heavy atom. The van der Waals surface area contributed by atoms with Gasteiger partial charge in [-0.25, -0.2) is 0 Å². The predicted molar refractivity (Wildman–Crippen MR) is 74.2 cm³/mol. The molecule has 102 valence electrons. The zero-order chi connectivity index (χ0) is 14.1. The van der Waals surface area contributed by atoms with Crippen LogP contribution in [0.1, 0.15) is 25.3 Å². The maximum atomic E-state index is 11.9. The van der Waals surface area contributed by atoms with E-state index in [1.807, 2.05) is 37.3 Å². The molecule has 0 fully saturated rings. The molecule has 0 aliphatic rings. The molecule has 0 radical (unpaired) electrons. The number of azide groups is 1. The maximum absolute atomic E-state index is 11.9. The average Bonchev–Trinajstić information content (AvgIpc) is 2.44. The number of nitrogens with one attached hydrogen (secondary N) is 1. The zero-order valence-corrected chi connectivity index (χ0v) is 11.0. The summed E-state index contributed by atoms with van der Waals surface area (Å²) in [5, 5.41) is 6.66. The number of nitrogens with two attached hydrogens (primary N) is 1. The van der Waals surface area contributed by atoms with Gasteiger partial charge in [0.05, 0.1) is 0 Å². The van der Waals surface area contributed by atoms with Crippen LogP contribution in [0.3, 0.4) is 0 Å². The van der Waals surface area contributed by atoms with E-state index in [9.17, 15) is 4.79 Å². The van der Waals surface area contributed by atoms with Crippen LogP contribution in [0, 0.1) is 0 Å². The van der Waals surface area contributed by atoms with Crippen molar-refractivity contribution in [1.29, 1.82) is 0 Å². The highest BCUT2D eigenvalue weighted by molar-refractivity contribution is 5.86. The van der Waals surface area contributed by atoms with E-state index in [4.69, 9.17) is 11.3 Å². The van der Waals surface area contributed by atoms with Crippen LogP contribution in [0.25, 0.3) is 10.4 Å². The SMILES string of the molecule is CCC(NCCCN=[N+]=[N-])(C(N)=O)c1ccccc1. The van der Waals surface area contributed by atoms with Gasteiger partial charge in [-0.05, 0) is 30.5 Å². The van der Waals surface area contributed by atoms with Gasteiger partial charge in [0.15, 0.2) is 0 Å². The second kappa shape index (κ2) is 7.41. The Morgan fingerprint density at radius 1 is 1.47 bits per heavy atom. The van der Waals surface area contributed by atoms with E-state index in [1.165, 1.54) is 0 Å². The number of benzene rings is 1. The van der Waals surface area contributed by atoms with E-state index in [0.29, 0.717) is 25.9 Å². The predicted octanol–water partition coefficient (Wildman–Crippen LogP) is 2.07. The molecule has 1 amide bonds. The van der Waals surface area contributed by atoms with Crippen LogP contribution in [0.4, 0.5) is 0 Å². The molecule has 3 N–H and O–H groups in total. The fourth-order valence-electron chi connectivity index (χ4n) is 2.05. The first-order valence-electron chi connectivity index (χ1n) is 6.28. The van der Waals surface area contributed by atoms with Crippen LogP contribution >= 0.6 is 0 Å². The molecule has 1 atom stereocenters. The minimum absolute atomic E-state index is 0.398. The van der Waals surface area contributed by atoms with Gasteiger partial charge in [-0.1, -0.05) is 42.4 Å². The van der Waals surface area contributed by atoms with E-state index in [1.54, 1.807) is 0 Å². The number of carbonyl (C=O) groups is 1. The third kappa shape index (κ3) is 3.71. The molecule has 0 saturated heterocycles. The molecule has 1 unspecified atom stereocenters. The van der Waals surface area contributed by atoms with Crippen molar-refractivity contribution in [1.82, 2.24) is 5.32 Å². The quantitative estimate of drug-likeness (QED) is 0.323. The van der Waals surface area contributed by atoms with Gasteiger partial charge in [-0.3, -0.25) is 10.1 Å². The Kier molecular flexibility index (Phi) is 5.85. The first-order valence-corrected chi connectivity index (χ1v) is 6.28. The van der Waals surface area contributed by atoms with Gasteiger partial charge in [-0.15, -0.1) is 0 Å². The van der Waals surface area contributed by atoms with Crippen molar-refractivity contribution in [2.75, 3.05) is 13.1 Å². The molecule has 6 heteroatoms. The maximum Gasteiger partial charge on any atom is 0.242 e. The largest absolute Gasteiger partial charge is 0.368 e. The van der Waals surface area contributed by atoms with Gasteiger partial charge in [0.1, 0.15) is 5.54 Å². The summed E-state index contributed by atoms with van der Waals surface area (Å²) in [6.45, 7) is 2.87. The van der Waals surface area contributed by atoms with Crippen LogP contribution in [0.15, 0.2) is 35.4 Å². The zero-order valence-electron chi connectivity index (χ0n) is 11.0. The molecule has 0 saturated carbocycles. The van der Waals surface area contributed by atoms with Gasteiger partial charge >= 0.3 is 0 Å². The lowest BCUT2D eigenvalue weighted by atomic mass is 9.86. The Hall–Kier alpha value is -2.04. The van der Waals surface area contributed by atoms with E-state index < -0.39 is 11.4 Å². The van der Waals surface area contributed by atoms with Gasteiger partial charge in [0, 0.05) is 11.5 Å². The van der Waals surface area contributed by atoms with Gasteiger partial charge in [0.25, 0.3) is 0 Å². The van der Waals surface area contributed by atoms with Gasteiger partial charge in [-0.2, -0.15) is 0 Å². The minimum atomic E-state index is -0.863. The molecule has 6 nitrogen and oxygen atoms in total. The lowest BCUT2D eigenvalue weighted by Crippen LogP contribution is -2.52. The number of primary amides is 1. The van der Waals surface area contributed by atoms with Crippen LogP contribution < -0.4 is 11.1 Å². The van der Waals surface area contributed by atoms with E-state index in [2.05, 4.69) is 15.3 Å². The summed E-state index contributed by atoms with van der Waals surface area (Å²) in [6.07, 6.45) is 1.22. The fourth-order valence-corrected chi connectivity index (χ4v) is 2.05. The lowest BCUT2D eigenvalue weighted by Gasteiger charge is -2.31. The van der Waals surface area contributed by atoms with Gasteiger partial charge < -0.3 is 5.73 Å². The highest BCUT2D eigenvalue weighted by Crippen LogP contribution is 2.24. The summed E-state index contributed by atoms with van der Waals surface area (Å²) < 4.78 is 0. The van der Waals surface area contributed by atoms with Crippen LogP contribution in [0.5, 0.6) is 0 Å². The highest BCUT2D eigenvalue weighted by Gasteiger charge is 2.35. The molecule has 0 aliphatic carbocycles. The number of nitrogens with zero attached hydrogens (tertiary/aromatic N) is 3. The molecule has 0 bridgehead atoms.